The van der Waals surface area contributed by atoms with Crippen LogP contribution < -0.4 is 0 Å². The van der Waals surface area contributed by atoms with E-state index in [1.54, 1.807) is 0 Å². The van der Waals surface area contributed by atoms with Crippen molar-refractivity contribution in [2.24, 2.45) is 17.8 Å². The molecule has 0 aromatic rings. The summed E-state index contributed by atoms with van der Waals surface area (Å²) >= 11 is 6.27. The molecular weight excluding hydrogens is 156 g/mol. The number of hydrogen-bond acceptors (Lipinski definition) is 0. The molecule has 11 heavy (non-hydrogen) atoms. The Labute approximate surface area is 75.3 Å². The van der Waals surface area contributed by atoms with Gasteiger partial charge >= 0.3 is 0 Å². The van der Waals surface area contributed by atoms with Crippen molar-refractivity contribution in [2.75, 3.05) is 0 Å². The fourth-order valence-electron chi connectivity index (χ4n) is 2.09. The highest BCUT2D eigenvalue weighted by Gasteiger charge is 2.28. The van der Waals surface area contributed by atoms with E-state index in [1.165, 1.54) is 19.3 Å². The second-order valence-corrected chi connectivity index (χ2v) is 4.90. The van der Waals surface area contributed by atoms with Gasteiger partial charge in [0.1, 0.15) is 0 Å². The molecule has 1 aliphatic carbocycles. The molecule has 0 N–H and O–H groups in total. The van der Waals surface area contributed by atoms with Gasteiger partial charge in [-0.15, -0.1) is 11.6 Å². The van der Waals surface area contributed by atoms with Gasteiger partial charge in [-0.1, -0.05) is 27.2 Å². The van der Waals surface area contributed by atoms with Gasteiger partial charge in [0.05, 0.1) is 0 Å². The lowest BCUT2D eigenvalue weighted by Crippen LogP contribution is -2.27. The molecule has 0 nitrogen and oxygen atoms in total. The molecule has 0 saturated heterocycles. The summed E-state index contributed by atoms with van der Waals surface area (Å²) in [5, 5.41) is 0.443. The first-order valence-corrected chi connectivity index (χ1v) is 5.19. The molecule has 1 rings (SSSR count). The zero-order valence-electron chi connectivity index (χ0n) is 7.81. The van der Waals surface area contributed by atoms with Crippen LogP contribution in [-0.4, -0.2) is 5.38 Å². The zero-order chi connectivity index (χ0) is 8.43. The molecule has 0 amide bonds. The summed E-state index contributed by atoms with van der Waals surface area (Å²) in [5.74, 6) is 2.39. The number of alkyl halides is 1. The Hall–Kier alpha value is 0.290. The standard InChI is InChI=1S/C10H19Cl/c1-7(2)9-5-4-8(3)6-10(9)11/h7-10H,4-6H2,1-3H3/t8?,9-,10-/m0/s1. The van der Waals surface area contributed by atoms with E-state index in [1.807, 2.05) is 0 Å². The van der Waals surface area contributed by atoms with Crippen LogP contribution in [-0.2, 0) is 0 Å². The van der Waals surface area contributed by atoms with E-state index < -0.39 is 0 Å². The van der Waals surface area contributed by atoms with Gasteiger partial charge in [0.15, 0.2) is 0 Å². The topological polar surface area (TPSA) is 0 Å². The summed E-state index contributed by atoms with van der Waals surface area (Å²) in [6.07, 6.45) is 3.95. The summed E-state index contributed by atoms with van der Waals surface area (Å²) in [6.45, 7) is 6.89. The molecule has 0 radical (unpaired) electrons. The molecule has 1 heteroatoms. The Morgan fingerprint density at radius 2 is 1.91 bits per heavy atom. The average Bonchev–Trinajstić information content (AvgIpc) is 1.85. The number of rotatable bonds is 1. The van der Waals surface area contributed by atoms with Gasteiger partial charge < -0.3 is 0 Å². The van der Waals surface area contributed by atoms with Gasteiger partial charge in [-0.2, -0.15) is 0 Å². The lowest BCUT2D eigenvalue weighted by atomic mass is 9.77. The summed E-state index contributed by atoms with van der Waals surface area (Å²) in [7, 11) is 0. The van der Waals surface area contributed by atoms with Crippen LogP contribution in [0.3, 0.4) is 0 Å². The fraction of sp³-hybridized carbons (Fsp3) is 1.00. The third-order valence-electron chi connectivity index (χ3n) is 2.94. The normalized spacial score (nSPS) is 39.5. The van der Waals surface area contributed by atoms with Gasteiger partial charge in [0.2, 0.25) is 0 Å². The second-order valence-electron chi connectivity index (χ2n) is 4.34. The fourth-order valence-corrected chi connectivity index (χ4v) is 2.81. The Balaban J connectivity index is 2.44. The predicted octanol–water partition coefficient (Wildman–Crippen LogP) is 3.69. The van der Waals surface area contributed by atoms with E-state index in [0.29, 0.717) is 5.38 Å². The summed E-state index contributed by atoms with van der Waals surface area (Å²) in [4.78, 5) is 0. The smallest absolute Gasteiger partial charge is 0.0369 e. The molecule has 3 atom stereocenters. The second kappa shape index (κ2) is 3.80. The van der Waals surface area contributed by atoms with E-state index in [2.05, 4.69) is 20.8 Å². The molecule has 0 bridgehead atoms. The average molecular weight is 175 g/mol. The molecule has 0 spiro atoms. The maximum Gasteiger partial charge on any atom is 0.0369 e. The van der Waals surface area contributed by atoms with Crippen molar-refractivity contribution >= 4 is 11.6 Å². The lowest BCUT2D eigenvalue weighted by molar-refractivity contribution is 0.240. The Bertz CT molecular complexity index is 120. The van der Waals surface area contributed by atoms with Crippen LogP contribution in [0.4, 0.5) is 0 Å². The minimum Gasteiger partial charge on any atom is -0.123 e. The van der Waals surface area contributed by atoms with Crippen molar-refractivity contribution in [3.63, 3.8) is 0 Å². The van der Waals surface area contributed by atoms with E-state index >= 15 is 0 Å². The third kappa shape index (κ3) is 2.37. The molecule has 0 aromatic heterocycles. The Kier molecular flexibility index (Phi) is 3.24. The van der Waals surface area contributed by atoms with Crippen LogP contribution in [0.15, 0.2) is 0 Å². The summed E-state index contributed by atoms with van der Waals surface area (Å²) in [5.41, 5.74) is 0. The molecule has 1 aliphatic rings. The molecule has 66 valence electrons. The molecule has 0 heterocycles. The van der Waals surface area contributed by atoms with Gasteiger partial charge in [0, 0.05) is 5.38 Å². The molecule has 1 fully saturated rings. The molecule has 1 unspecified atom stereocenters. The van der Waals surface area contributed by atoms with E-state index in [9.17, 15) is 0 Å². The van der Waals surface area contributed by atoms with Crippen LogP contribution >= 0.6 is 11.6 Å². The number of hydrogen-bond donors (Lipinski definition) is 0. The van der Waals surface area contributed by atoms with Gasteiger partial charge in [0.25, 0.3) is 0 Å². The minimum atomic E-state index is 0.443. The first-order valence-electron chi connectivity index (χ1n) is 4.75. The Morgan fingerprint density at radius 1 is 1.27 bits per heavy atom. The minimum absolute atomic E-state index is 0.443. The molecular formula is C10H19Cl. The zero-order valence-corrected chi connectivity index (χ0v) is 8.56. The van der Waals surface area contributed by atoms with Crippen LogP contribution in [0.1, 0.15) is 40.0 Å². The van der Waals surface area contributed by atoms with E-state index in [-0.39, 0.29) is 0 Å². The monoisotopic (exact) mass is 174 g/mol. The lowest BCUT2D eigenvalue weighted by Gasteiger charge is -2.33. The van der Waals surface area contributed by atoms with Crippen molar-refractivity contribution in [3.05, 3.63) is 0 Å². The maximum absolute atomic E-state index is 6.27. The quantitative estimate of drug-likeness (QED) is 0.532. The van der Waals surface area contributed by atoms with E-state index in [4.69, 9.17) is 11.6 Å². The first kappa shape index (κ1) is 9.38. The highest BCUT2D eigenvalue weighted by Crippen LogP contribution is 2.36. The highest BCUT2D eigenvalue weighted by molar-refractivity contribution is 6.20. The summed E-state index contributed by atoms with van der Waals surface area (Å²) < 4.78 is 0. The summed E-state index contributed by atoms with van der Waals surface area (Å²) in [6, 6.07) is 0. The van der Waals surface area contributed by atoms with Gasteiger partial charge in [-0.3, -0.25) is 0 Å². The van der Waals surface area contributed by atoms with Crippen LogP contribution in [0.5, 0.6) is 0 Å². The maximum atomic E-state index is 6.27. The van der Waals surface area contributed by atoms with Gasteiger partial charge in [-0.05, 0) is 30.6 Å². The van der Waals surface area contributed by atoms with Crippen molar-refractivity contribution in [2.45, 2.75) is 45.4 Å². The van der Waals surface area contributed by atoms with Crippen molar-refractivity contribution in [1.82, 2.24) is 0 Å². The third-order valence-corrected chi connectivity index (χ3v) is 3.44. The predicted molar refractivity (Wildman–Crippen MR) is 51.0 cm³/mol. The van der Waals surface area contributed by atoms with E-state index in [0.717, 1.165) is 17.8 Å². The van der Waals surface area contributed by atoms with Crippen molar-refractivity contribution in [1.29, 1.82) is 0 Å². The van der Waals surface area contributed by atoms with Crippen LogP contribution in [0, 0.1) is 17.8 Å². The molecule has 0 aromatic carbocycles. The first-order chi connectivity index (χ1) is 5.11. The van der Waals surface area contributed by atoms with Gasteiger partial charge in [-0.25, -0.2) is 0 Å². The van der Waals surface area contributed by atoms with Crippen LogP contribution in [0.2, 0.25) is 0 Å². The van der Waals surface area contributed by atoms with Crippen LogP contribution in [0.25, 0.3) is 0 Å². The molecule has 0 aliphatic heterocycles. The SMILES string of the molecule is CC1CC[C@@H](C(C)C)[C@@H](Cl)C1. The number of halogens is 1. The van der Waals surface area contributed by atoms with Crippen molar-refractivity contribution < 1.29 is 0 Å². The molecule has 1 saturated carbocycles. The largest absolute Gasteiger partial charge is 0.123 e. The highest BCUT2D eigenvalue weighted by atomic mass is 35.5. The van der Waals surface area contributed by atoms with Crippen molar-refractivity contribution in [3.8, 4) is 0 Å². The Morgan fingerprint density at radius 3 is 2.36 bits per heavy atom.